The van der Waals surface area contributed by atoms with E-state index in [1.807, 2.05) is 0 Å². The molecule has 0 amide bonds. The number of likely N-dealkylation sites (N-methyl/N-ethyl adjacent to an activating group) is 1. The number of aliphatic carboxylic acids is 1. The van der Waals surface area contributed by atoms with Crippen molar-refractivity contribution in [3.63, 3.8) is 0 Å². The molecule has 3 heteroatoms. The number of carbonyl (C=O) groups is 1. The van der Waals surface area contributed by atoms with Crippen LogP contribution in [-0.2, 0) is 4.79 Å². The second-order valence-electron chi connectivity index (χ2n) is 3.91. The van der Waals surface area contributed by atoms with Gasteiger partial charge in [0.15, 0.2) is 0 Å². The Morgan fingerprint density at radius 3 is 2.62 bits per heavy atom. The fourth-order valence-electron chi connectivity index (χ4n) is 2.09. The first-order valence-corrected chi connectivity index (χ1v) is 5.14. The molecule has 0 aromatic rings. The molecule has 13 heavy (non-hydrogen) atoms. The summed E-state index contributed by atoms with van der Waals surface area (Å²) in [6.07, 6.45) is 7.12. The topological polar surface area (TPSA) is 49.3 Å². The van der Waals surface area contributed by atoms with Gasteiger partial charge in [0, 0.05) is 0 Å². The van der Waals surface area contributed by atoms with Crippen LogP contribution in [0.3, 0.4) is 0 Å². The maximum Gasteiger partial charge on any atom is 0.320 e. The molecule has 1 aliphatic carbocycles. The van der Waals surface area contributed by atoms with Crippen LogP contribution in [0.5, 0.6) is 0 Å². The first-order valence-electron chi connectivity index (χ1n) is 5.14. The Morgan fingerprint density at radius 1 is 1.54 bits per heavy atom. The molecule has 0 radical (unpaired) electrons. The van der Waals surface area contributed by atoms with Gasteiger partial charge in [0.25, 0.3) is 0 Å². The van der Waals surface area contributed by atoms with Crippen LogP contribution in [0.4, 0.5) is 0 Å². The van der Waals surface area contributed by atoms with Crippen molar-refractivity contribution in [1.82, 2.24) is 5.32 Å². The van der Waals surface area contributed by atoms with E-state index in [4.69, 9.17) is 5.11 Å². The number of carboxylic acids is 1. The van der Waals surface area contributed by atoms with Crippen molar-refractivity contribution < 1.29 is 9.90 Å². The van der Waals surface area contributed by atoms with E-state index in [-0.39, 0.29) is 6.04 Å². The number of rotatable bonds is 5. The van der Waals surface area contributed by atoms with Crippen LogP contribution in [0.25, 0.3) is 0 Å². The first-order chi connectivity index (χ1) is 6.24. The van der Waals surface area contributed by atoms with Gasteiger partial charge in [0.2, 0.25) is 0 Å². The third kappa shape index (κ3) is 3.35. The largest absolute Gasteiger partial charge is 0.480 e. The highest BCUT2D eigenvalue weighted by Gasteiger charge is 2.19. The second kappa shape index (κ2) is 5.22. The molecule has 1 unspecified atom stereocenters. The maximum absolute atomic E-state index is 10.7. The SMILES string of the molecule is CNC(CCC1CCCC1)C(=O)O. The fourth-order valence-corrected chi connectivity index (χ4v) is 2.09. The van der Waals surface area contributed by atoms with Crippen molar-refractivity contribution in [1.29, 1.82) is 0 Å². The molecule has 76 valence electrons. The summed E-state index contributed by atoms with van der Waals surface area (Å²) in [6, 6.07) is -0.347. The van der Waals surface area contributed by atoms with Gasteiger partial charge in [0.05, 0.1) is 0 Å². The molecular formula is C10H19NO2. The summed E-state index contributed by atoms with van der Waals surface area (Å²) in [5.41, 5.74) is 0. The van der Waals surface area contributed by atoms with E-state index in [0.29, 0.717) is 0 Å². The number of nitrogens with one attached hydrogen (secondary N) is 1. The molecule has 3 nitrogen and oxygen atoms in total. The molecule has 1 fully saturated rings. The zero-order valence-corrected chi connectivity index (χ0v) is 8.25. The predicted molar refractivity (Wildman–Crippen MR) is 51.7 cm³/mol. The van der Waals surface area contributed by atoms with Crippen LogP contribution in [0.15, 0.2) is 0 Å². The lowest BCUT2D eigenvalue weighted by atomic mass is 9.99. The quantitative estimate of drug-likeness (QED) is 0.684. The Morgan fingerprint density at radius 2 is 2.15 bits per heavy atom. The van der Waals surface area contributed by atoms with Crippen molar-refractivity contribution in [3.05, 3.63) is 0 Å². The minimum atomic E-state index is -0.722. The smallest absolute Gasteiger partial charge is 0.320 e. The summed E-state index contributed by atoms with van der Waals surface area (Å²) in [4.78, 5) is 10.7. The molecule has 0 saturated heterocycles. The van der Waals surface area contributed by atoms with Gasteiger partial charge in [-0.05, 0) is 25.8 Å². The second-order valence-corrected chi connectivity index (χ2v) is 3.91. The molecule has 0 heterocycles. The summed E-state index contributed by atoms with van der Waals surface area (Å²) in [5, 5.41) is 11.6. The highest BCUT2D eigenvalue weighted by molar-refractivity contribution is 5.73. The number of hydrogen-bond acceptors (Lipinski definition) is 2. The van der Waals surface area contributed by atoms with E-state index in [2.05, 4.69) is 5.32 Å². The van der Waals surface area contributed by atoms with Gasteiger partial charge in [-0.3, -0.25) is 4.79 Å². The van der Waals surface area contributed by atoms with E-state index in [1.165, 1.54) is 25.7 Å². The Balaban J connectivity index is 2.18. The van der Waals surface area contributed by atoms with Gasteiger partial charge in [-0.1, -0.05) is 25.7 Å². The summed E-state index contributed by atoms with van der Waals surface area (Å²) in [5.74, 6) is 0.0655. The lowest BCUT2D eigenvalue weighted by Gasteiger charge is -2.13. The van der Waals surface area contributed by atoms with Gasteiger partial charge < -0.3 is 10.4 Å². The highest BCUT2D eigenvalue weighted by Crippen LogP contribution is 2.28. The molecule has 0 bridgehead atoms. The van der Waals surface area contributed by atoms with Gasteiger partial charge in [-0.2, -0.15) is 0 Å². The average molecular weight is 185 g/mol. The van der Waals surface area contributed by atoms with Crippen LogP contribution in [0.1, 0.15) is 38.5 Å². The van der Waals surface area contributed by atoms with Gasteiger partial charge in [0.1, 0.15) is 6.04 Å². The minimum absolute atomic E-state index is 0.347. The van der Waals surface area contributed by atoms with E-state index < -0.39 is 5.97 Å². The summed E-state index contributed by atoms with van der Waals surface area (Å²) >= 11 is 0. The van der Waals surface area contributed by atoms with E-state index in [9.17, 15) is 4.79 Å². The van der Waals surface area contributed by atoms with Gasteiger partial charge in [-0.15, -0.1) is 0 Å². The maximum atomic E-state index is 10.7. The molecule has 0 aromatic heterocycles. The van der Waals surface area contributed by atoms with Crippen molar-refractivity contribution in [2.45, 2.75) is 44.6 Å². The zero-order valence-electron chi connectivity index (χ0n) is 8.25. The van der Waals surface area contributed by atoms with E-state index in [0.717, 1.165) is 18.8 Å². The molecular weight excluding hydrogens is 166 g/mol. The number of hydrogen-bond donors (Lipinski definition) is 2. The Labute approximate surface area is 79.5 Å². The van der Waals surface area contributed by atoms with Crippen LogP contribution >= 0.6 is 0 Å². The van der Waals surface area contributed by atoms with Crippen LogP contribution in [0, 0.1) is 5.92 Å². The normalized spacial score (nSPS) is 20.4. The molecule has 1 rings (SSSR count). The molecule has 0 aliphatic heterocycles. The molecule has 1 aliphatic rings. The number of carboxylic acid groups (broad SMARTS) is 1. The minimum Gasteiger partial charge on any atom is -0.480 e. The van der Waals surface area contributed by atoms with Gasteiger partial charge in [-0.25, -0.2) is 0 Å². The Kier molecular flexibility index (Phi) is 4.22. The van der Waals surface area contributed by atoms with Crippen molar-refractivity contribution in [2.75, 3.05) is 7.05 Å². The van der Waals surface area contributed by atoms with Crippen molar-refractivity contribution in [3.8, 4) is 0 Å². The van der Waals surface area contributed by atoms with Crippen molar-refractivity contribution >= 4 is 5.97 Å². The van der Waals surface area contributed by atoms with Crippen LogP contribution < -0.4 is 5.32 Å². The third-order valence-electron chi connectivity index (χ3n) is 2.98. The molecule has 1 saturated carbocycles. The van der Waals surface area contributed by atoms with Crippen molar-refractivity contribution in [2.24, 2.45) is 5.92 Å². The van der Waals surface area contributed by atoms with Crippen LogP contribution in [-0.4, -0.2) is 24.2 Å². The average Bonchev–Trinajstić information content (AvgIpc) is 2.57. The van der Waals surface area contributed by atoms with Gasteiger partial charge >= 0.3 is 5.97 Å². The lowest BCUT2D eigenvalue weighted by molar-refractivity contribution is -0.139. The molecule has 0 spiro atoms. The standard InChI is InChI=1S/C10H19NO2/c1-11-9(10(12)13)7-6-8-4-2-3-5-8/h8-9,11H,2-7H2,1H3,(H,12,13). The molecule has 1 atom stereocenters. The molecule has 2 N–H and O–H groups in total. The predicted octanol–water partition coefficient (Wildman–Crippen LogP) is 1.63. The van der Waals surface area contributed by atoms with Crippen LogP contribution in [0.2, 0.25) is 0 Å². The highest BCUT2D eigenvalue weighted by atomic mass is 16.4. The summed E-state index contributed by atoms with van der Waals surface area (Å²) < 4.78 is 0. The zero-order chi connectivity index (χ0) is 9.68. The Hall–Kier alpha value is -0.570. The van der Waals surface area contributed by atoms with E-state index in [1.54, 1.807) is 7.05 Å². The monoisotopic (exact) mass is 185 g/mol. The fraction of sp³-hybridized carbons (Fsp3) is 0.900. The summed E-state index contributed by atoms with van der Waals surface area (Å²) in [6.45, 7) is 0. The molecule has 0 aromatic carbocycles. The lowest BCUT2D eigenvalue weighted by Crippen LogP contribution is -2.34. The Bertz CT molecular complexity index is 164. The van der Waals surface area contributed by atoms with E-state index >= 15 is 0 Å². The third-order valence-corrected chi connectivity index (χ3v) is 2.98. The first kappa shape index (κ1) is 10.5. The summed E-state index contributed by atoms with van der Waals surface area (Å²) in [7, 11) is 1.72.